The second-order valence-corrected chi connectivity index (χ2v) is 9.39. The van der Waals surface area contributed by atoms with Gasteiger partial charge in [0.25, 0.3) is 0 Å². The normalized spacial score (nSPS) is 24.1. The minimum absolute atomic E-state index is 0.00593. The second-order valence-electron chi connectivity index (χ2n) is 8.99. The third-order valence-electron chi connectivity index (χ3n) is 6.81. The molecule has 1 aliphatic heterocycles. The van der Waals surface area contributed by atoms with Gasteiger partial charge in [-0.25, -0.2) is 14.2 Å². The van der Waals surface area contributed by atoms with Crippen molar-refractivity contribution in [3.05, 3.63) is 23.0 Å². The number of aromatic nitrogens is 2. The number of rotatable bonds is 6. The fourth-order valence-electron chi connectivity index (χ4n) is 4.99. The van der Waals surface area contributed by atoms with Crippen molar-refractivity contribution in [2.75, 3.05) is 44.9 Å². The van der Waals surface area contributed by atoms with Crippen LogP contribution in [0.25, 0.3) is 11.0 Å². The molecule has 10 heteroatoms. The maximum absolute atomic E-state index is 13.1. The number of amides is 1. The number of nitrogens with zero attached hydrogens (tertiary/aromatic N) is 3. The molecule has 1 aliphatic carbocycles. The number of alkyl carbamates (subject to hydrolysis) is 1. The highest BCUT2D eigenvalue weighted by Crippen LogP contribution is 2.33. The summed E-state index contributed by atoms with van der Waals surface area (Å²) >= 11 is 6.61. The molecule has 1 amide bonds. The Hall–Kier alpha value is -2.39. The first-order valence-electron chi connectivity index (χ1n) is 11.5. The second kappa shape index (κ2) is 10.3. The van der Waals surface area contributed by atoms with Gasteiger partial charge in [-0.05, 0) is 44.7 Å². The quantitative estimate of drug-likeness (QED) is 0.612. The smallest absolute Gasteiger partial charge is 0.407 e. The molecule has 8 nitrogen and oxygen atoms in total. The number of methoxy groups -OCH3 is 1. The van der Waals surface area contributed by atoms with Crippen LogP contribution >= 0.6 is 11.6 Å². The Balaban J connectivity index is 1.46. The Morgan fingerprint density at radius 1 is 1.27 bits per heavy atom. The van der Waals surface area contributed by atoms with Crippen molar-refractivity contribution in [2.45, 2.75) is 44.7 Å². The lowest BCUT2D eigenvalue weighted by atomic mass is 9.83. The molecule has 0 bridgehead atoms. The Kier molecular flexibility index (Phi) is 7.38. The zero-order valence-electron chi connectivity index (χ0n) is 19.1. The highest BCUT2D eigenvalue weighted by Gasteiger charge is 2.30. The molecule has 0 radical (unpaired) electrons. The molecule has 2 fully saturated rings. The summed E-state index contributed by atoms with van der Waals surface area (Å²) in [6.45, 7) is 4.53. The topological polar surface area (TPSA) is 90.6 Å². The van der Waals surface area contributed by atoms with Crippen LogP contribution in [0.1, 0.15) is 43.2 Å². The van der Waals surface area contributed by atoms with Crippen LogP contribution in [-0.4, -0.2) is 78.8 Å². The number of aromatic amines is 1. The molecule has 4 rings (SSSR count). The summed E-state index contributed by atoms with van der Waals surface area (Å²) < 4.78 is 17.4. The lowest BCUT2D eigenvalue weighted by molar-refractivity contribution is 0.0869. The molecule has 0 spiro atoms. The Morgan fingerprint density at radius 3 is 2.70 bits per heavy atom. The zero-order valence-corrected chi connectivity index (χ0v) is 19.8. The van der Waals surface area contributed by atoms with Gasteiger partial charge in [0.1, 0.15) is 6.67 Å². The number of carbonyl (C=O) groups excluding carboxylic acids is 2. The molecule has 2 aliphatic rings. The zero-order chi connectivity index (χ0) is 23.5. The van der Waals surface area contributed by atoms with E-state index in [0.29, 0.717) is 35.8 Å². The number of H-pyrrole nitrogens is 1. The van der Waals surface area contributed by atoms with E-state index in [1.807, 2.05) is 12.1 Å². The van der Waals surface area contributed by atoms with Crippen molar-refractivity contribution in [1.29, 1.82) is 0 Å². The van der Waals surface area contributed by atoms with E-state index >= 15 is 0 Å². The van der Waals surface area contributed by atoms with Crippen molar-refractivity contribution in [3.8, 4) is 0 Å². The Morgan fingerprint density at radius 2 is 2.03 bits per heavy atom. The summed E-state index contributed by atoms with van der Waals surface area (Å²) in [5.74, 6) is 0.219. The minimum atomic E-state index is -0.437. The van der Waals surface area contributed by atoms with E-state index in [2.05, 4.69) is 36.7 Å². The Bertz CT molecular complexity index is 1010. The molecule has 180 valence electrons. The fourth-order valence-corrected chi connectivity index (χ4v) is 5.26. The number of carbonyl (C=O) groups is 2. The van der Waals surface area contributed by atoms with Gasteiger partial charge in [-0.15, -0.1) is 0 Å². The molecule has 1 saturated carbocycles. The number of Topliss-reactive ketones (excluding diaryl/α,β-unsaturated/α-hetero) is 1. The first-order valence-corrected chi connectivity index (χ1v) is 11.9. The fraction of sp³-hybridized carbons (Fsp3) is 0.609. The van der Waals surface area contributed by atoms with Gasteiger partial charge in [-0.1, -0.05) is 11.6 Å². The summed E-state index contributed by atoms with van der Waals surface area (Å²) in [7, 11) is 1.34. The van der Waals surface area contributed by atoms with Crippen LogP contribution in [0.15, 0.2) is 12.1 Å². The largest absolute Gasteiger partial charge is 0.453 e. The number of piperazine rings is 1. The number of imidazole rings is 1. The number of anilines is 1. The van der Waals surface area contributed by atoms with Crippen molar-refractivity contribution in [2.24, 2.45) is 5.92 Å². The van der Waals surface area contributed by atoms with E-state index in [1.165, 1.54) is 7.11 Å². The average molecular weight is 480 g/mol. The number of ether oxygens (including phenoxy) is 1. The Labute approximate surface area is 197 Å². The van der Waals surface area contributed by atoms with Gasteiger partial charge in [0.05, 0.1) is 28.9 Å². The number of halogens is 2. The van der Waals surface area contributed by atoms with Crippen LogP contribution in [0.2, 0.25) is 5.02 Å². The summed E-state index contributed by atoms with van der Waals surface area (Å²) in [6, 6.07) is 3.98. The SMILES string of the molecule is COC(=O)NC1CCC(C(=O)c2nc3cc(N4CCN(CCF)CC4C)c(Cl)cc3[nH]2)CC1. The van der Waals surface area contributed by atoms with Crippen molar-refractivity contribution in [1.82, 2.24) is 20.2 Å². The van der Waals surface area contributed by atoms with Crippen LogP contribution in [-0.2, 0) is 4.74 Å². The van der Waals surface area contributed by atoms with E-state index in [0.717, 1.165) is 43.7 Å². The first-order chi connectivity index (χ1) is 15.9. The van der Waals surface area contributed by atoms with E-state index < -0.39 is 6.09 Å². The molecule has 1 unspecified atom stereocenters. The van der Waals surface area contributed by atoms with Gasteiger partial charge in [0.15, 0.2) is 5.82 Å². The van der Waals surface area contributed by atoms with E-state index in [9.17, 15) is 14.0 Å². The van der Waals surface area contributed by atoms with E-state index in [4.69, 9.17) is 11.6 Å². The number of hydrogen-bond donors (Lipinski definition) is 2. The van der Waals surface area contributed by atoms with Crippen LogP contribution < -0.4 is 10.2 Å². The molecule has 2 heterocycles. The van der Waals surface area contributed by atoms with Gasteiger partial charge >= 0.3 is 6.09 Å². The predicted molar refractivity (Wildman–Crippen MR) is 126 cm³/mol. The third kappa shape index (κ3) is 5.24. The van der Waals surface area contributed by atoms with Crippen LogP contribution in [0.5, 0.6) is 0 Å². The summed E-state index contributed by atoms with van der Waals surface area (Å²) in [4.78, 5) is 36.6. The van der Waals surface area contributed by atoms with Gasteiger partial charge in [-0.2, -0.15) is 0 Å². The summed E-state index contributed by atoms with van der Waals surface area (Å²) in [5.41, 5.74) is 2.32. The van der Waals surface area contributed by atoms with E-state index in [-0.39, 0.29) is 30.5 Å². The van der Waals surface area contributed by atoms with Gasteiger partial charge in [-0.3, -0.25) is 9.69 Å². The predicted octanol–water partition coefficient (Wildman–Crippen LogP) is 3.79. The molecule has 2 aromatic rings. The minimum Gasteiger partial charge on any atom is -0.453 e. The molecule has 2 N–H and O–H groups in total. The molecule has 1 atom stereocenters. The maximum Gasteiger partial charge on any atom is 0.407 e. The first kappa shape index (κ1) is 23.8. The maximum atomic E-state index is 13.1. The number of ketones is 1. The standard InChI is InChI=1S/C23H31ClFN5O3/c1-14-13-29(8-7-25)9-10-30(14)20-12-19-18(11-17(20)24)27-22(28-19)21(31)15-3-5-16(6-4-15)26-23(32)33-2/h11-12,14-16H,3-10,13H2,1-2H3,(H,26,32)(H,27,28). The highest BCUT2D eigenvalue weighted by molar-refractivity contribution is 6.34. The molecular weight excluding hydrogens is 449 g/mol. The number of benzene rings is 1. The molecular formula is C23H31ClFN5O3. The lowest BCUT2D eigenvalue weighted by Crippen LogP contribution is -2.52. The van der Waals surface area contributed by atoms with Crippen molar-refractivity contribution in [3.63, 3.8) is 0 Å². The lowest BCUT2D eigenvalue weighted by Gasteiger charge is -2.41. The van der Waals surface area contributed by atoms with Crippen molar-refractivity contribution >= 4 is 40.2 Å². The van der Waals surface area contributed by atoms with Crippen LogP contribution in [0.3, 0.4) is 0 Å². The van der Waals surface area contributed by atoms with E-state index in [1.54, 1.807) is 0 Å². The van der Waals surface area contributed by atoms with Crippen LogP contribution in [0.4, 0.5) is 14.9 Å². The molecule has 1 saturated heterocycles. The van der Waals surface area contributed by atoms with Crippen LogP contribution in [0, 0.1) is 5.92 Å². The average Bonchev–Trinajstić information content (AvgIpc) is 3.22. The number of hydrogen-bond acceptors (Lipinski definition) is 6. The molecule has 33 heavy (non-hydrogen) atoms. The van der Waals surface area contributed by atoms with Crippen molar-refractivity contribution < 1.29 is 18.7 Å². The number of alkyl halides is 1. The molecule has 1 aromatic carbocycles. The highest BCUT2D eigenvalue weighted by atomic mass is 35.5. The van der Waals surface area contributed by atoms with Gasteiger partial charge < -0.3 is 19.9 Å². The van der Waals surface area contributed by atoms with Gasteiger partial charge in [0.2, 0.25) is 5.78 Å². The molecule has 1 aromatic heterocycles. The number of nitrogens with one attached hydrogen (secondary N) is 2. The summed E-state index contributed by atoms with van der Waals surface area (Å²) in [5, 5.41) is 3.41. The monoisotopic (exact) mass is 479 g/mol. The van der Waals surface area contributed by atoms with Gasteiger partial charge in [0, 0.05) is 44.2 Å². The summed E-state index contributed by atoms with van der Waals surface area (Å²) in [6.07, 6.45) is 2.41. The number of fused-ring (bicyclic) bond motifs is 1. The third-order valence-corrected chi connectivity index (χ3v) is 7.11.